The molecule has 0 radical (unpaired) electrons. The van der Waals surface area contributed by atoms with Crippen molar-refractivity contribution in [3.8, 4) is 11.3 Å². The Balaban J connectivity index is 1.84. The van der Waals surface area contributed by atoms with Gasteiger partial charge in [0.1, 0.15) is 0 Å². The summed E-state index contributed by atoms with van der Waals surface area (Å²) in [6, 6.07) is 16.1. The lowest BCUT2D eigenvalue weighted by molar-refractivity contribution is 0.652. The van der Waals surface area contributed by atoms with E-state index >= 15 is 0 Å². The minimum absolute atomic E-state index is 0.637. The molecule has 5 aromatic rings. The summed E-state index contributed by atoms with van der Waals surface area (Å²) in [5, 5.41) is 3.12. The highest BCUT2D eigenvalue weighted by molar-refractivity contribution is 6.05. The van der Waals surface area contributed by atoms with Crippen molar-refractivity contribution in [3.05, 3.63) is 67.1 Å². The van der Waals surface area contributed by atoms with E-state index in [1.807, 2.05) is 42.6 Å². The molecule has 0 aliphatic rings. The van der Waals surface area contributed by atoms with Gasteiger partial charge in [-0.05, 0) is 24.3 Å². The molecule has 0 spiro atoms. The predicted octanol–water partition coefficient (Wildman–Crippen LogP) is 4.59. The molecular weight excluding hydrogens is 286 g/mol. The minimum Gasteiger partial charge on any atom is -0.436 e. The fourth-order valence-corrected chi connectivity index (χ4v) is 2.97. The number of fused-ring (bicyclic) bond motifs is 4. The zero-order valence-electron chi connectivity index (χ0n) is 12.1. The van der Waals surface area contributed by atoms with Crippen LogP contribution in [0.2, 0.25) is 0 Å². The number of pyridine rings is 3. The van der Waals surface area contributed by atoms with Crippen LogP contribution in [-0.2, 0) is 0 Å². The number of nitrogens with zero attached hydrogens (tertiary/aromatic N) is 3. The van der Waals surface area contributed by atoms with Gasteiger partial charge in [-0.2, -0.15) is 0 Å². The van der Waals surface area contributed by atoms with Crippen molar-refractivity contribution < 1.29 is 4.42 Å². The largest absolute Gasteiger partial charge is 0.436 e. The highest BCUT2D eigenvalue weighted by atomic mass is 16.3. The van der Waals surface area contributed by atoms with Gasteiger partial charge in [-0.15, -0.1) is 0 Å². The highest BCUT2D eigenvalue weighted by Gasteiger charge is 2.11. The topological polar surface area (TPSA) is 51.8 Å². The summed E-state index contributed by atoms with van der Waals surface area (Å²) < 4.78 is 5.74. The molecule has 0 saturated carbocycles. The third-order valence-corrected chi connectivity index (χ3v) is 4.04. The van der Waals surface area contributed by atoms with Crippen molar-refractivity contribution in [1.29, 1.82) is 0 Å². The lowest BCUT2D eigenvalue weighted by Gasteiger charge is -2.05. The highest BCUT2D eigenvalue weighted by Crippen LogP contribution is 2.31. The standard InChI is InChI=1S/C19H11N3O/c1-4-12-5-2-8-20-18(12)14(6-1)16-10-15-13-7-3-9-21-19(13)23-17(15)11-22-16/h1-11H. The molecular formula is C19H11N3O. The quantitative estimate of drug-likeness (QED) is 0.454. The molecule has 1 aromatic carbocycles. The summed E-state index contributed by atoms with van der Waals surface area (Å²) in [5.74, 6) is 0. The second-order valence-electron chi connectivity index (χ2n) is 5.40. The average Bonchev–Trinajstić information content (AvgIpc) is 2.99. The van der Waals surface area contributed by atoms with Crippen LogP contribution in [0.4, 0.5) is 0 Å². The van der Waals surface area contributed by atoms with E-state index in [2.05, 4.69) is 27.1 Å². The van der Waals surface area contributed by atoms with Crippen LogP contribution >= 0.6 is 0 Å². The van der Waals surface area contributed by atoms with Crippen LogP contribution in [0, 0.1) is 0 Å². The molecule has 4 nitrogen and oxygen atoms in total. The summed E-state index contributed by atoms with van der Waals surface area (Å²) in [4.78, 5) is 13.3. The number of aromatic nitrogens is 3. The number of hydrogen-bond acceptors (Lipinski definition) is 4. The normalized spacial score (nSPS) is 11.5. The molecule has 0 fully saturated rings. The van der Waals surface area contributed by atoms with Crippen molar-refractivity contribution in [2.24, 2.45) is 0 Å². The summed E-state index contributed by atoms with van der Waals surface area (Å²) in [5.41, 5.74) is 4.23. The van der Waals surface area contributed by atoms with Crippen LogP contribution in [0.25, 0.3) is 44.2 Å². The number of furan rings is 1. The van der Waals surface area contributed by atoms with Crippen LogP contribution in [0.1, 0.15) is 0 Å². The van der Waals surface area contributed by atoms with E-state index in [4.69, 9.17) is 4.42 Å². The molecule has 23 heavy (non-hydrogen) atoms. The Kier molecular flexibility index (Phi) is 2.46. The van der Waals surface area contributed by atoms with Crippen LogP contribution in [0.5, 0.6) is 0 Å². The van der Waals surface area contributed by atoms with Crippen LogP contribution in [0.15, 0.2) is 71.5 Å². The molecule has 4 aromatic heterocycles. The minimum atomic E-state index is 0.637. The monoisotopic (exact) mass is 297 g/mol. The Morgan fingerprint density at radius 1 is 0.783 bits per heavy atom. The molecule has 0 atom stereocenters. The lowest BCUT2D eigenvalue weighted by Crippen LogP contribution is -1.87. The Morgan fingerprint density at radius 3 is 2.65 bits per heavy atom. The van der Waals surface area contributed by atoms with E-state index in [-0.39, 0.29) is 0 Å². The first kappa shape index (κ1) is 12.3. The van der Waals surface area contributed by atoms with E-state index < -0.39 is 0 Å². The zero-order valence-corrected chi connectivity index (χ0v) is 12.1. The first-order valence-electron chi connectivity index (χ1n) is 7.37. The molecule has 108 valence electrons. The van der Waals surface area contributed by atoms with Gasteiger partial charge >= 0.3 is 0 Å². The van der Waals surface area contributed by atoms with Crippen molar-refractivity contribution in [1.82, 2.24) is 15.0 Å². The van der Waals surface area contributed by atoms with E-state index in [9.17, 15) is 0 Å². The molecule has 0 aliphatic carbocycles. The Bertz CT molecular complexity index is 1170. The fourth-order valence-electron chi connectivity index (χ4n) is 2.97. The van der Waals surface area contributed by atoms with Crippen molar-refractivity contribution in [2.75, 3.05) is 0 Å². The van der Waals surface area contributed by atoms with Crippen LogP contribution < -0.4 is 0 Å². The molecule has 4 heteroatoms. The Morgan fingerprint density at radius 2 is 1.65 bits per heavy atom. The number of hydrogen-bond donors (Lipinski definition) is 0. The molecule has 4 heterocycles. The van der Waals surface area contributed by atoms with Gasteiger partial charge in [-0.1, -0.05) is 24.3 Å². The summed E-state index contributed by atoms with van der Waals surface area (Å²) in [6.07, 6.45) is 5.29. The van der Waals surface area contributed by atoms with Crippen LogP contribution in [0.3, 0.4) is 0 Å². The Hall–Kier alpha value is -3.27. The fraction of sp³-hybridized carbons (Fsp3) is 0. The van der Waals surface area contributed by atoms with Gasteiger partial charge in [-0.25, -0.2) is 4.98 Å². The van der Waals surface area contributed by atoms with E-state index in [0.717, 1.165) is 38.5 Å². The first-order chi connectivity index (χ1) is 11.4. The third-order valence-electron chi connectivity index (χ3n) is 4.04. The van der Waals surface area contributed by atoms with E-state index in [1.165, 1.54) is 0 Å². The van der Waals surface area contributed by atoms with E-state index in [0.29, 0.717) is 5.71 Å². The predicted molar refractivity (Wildman–Crippen MR) is 90.0 cm³/mol. The molecule has 0 unspecified atom stereocenters. The maximum atomic E-state index is 5.74. The summed E-state index contributed by atoms with van der Waals surface area (Å²) in [7, 11) is 0. The third kappa shape index (κ3) is 1.82. The summed E-state index contributed by atoms with van der Waals surface area (Å²) >= 11 is 0. The van der Waals surface area contributed by atoms with Crippen LogP contribution in [-0.4, -0.2) is 15.0 Å². The maximum Gasteiger partial charge on any atom is 0.227 e. The Labute approximate surface area is 131 Å². The average molecular weight is 297 g/mol. The lowest BCUT2D eigenvalue weighted by atomic mass is 10.1. The number of benzene rings is 1. The summed E-state index contributed by atoms with van der Waals surface area (Å²) in [6.45, 7) is 0. The molecule has 0 saturated heterocycles. The van der Waals surface area contributed by atoms with Gasteiger partial charge in [0.25, 0.3) is 0 Å². The maximum absolute atomic E-state index is 5.74. The SMILES string of the molecule is c1cnc2c(-c3cc4c(cn3)oc3ncccc34)cccc2c1. The zero-order chi connectivity index (χ0) is 15.2. The molecule has 0 aliphatic heterocycles. The van der Waals surface area contributed by atoms with Gasteiger partial charge < -0.3 is 4.42 Å². The van der Waals surface area contributed by atoms with Crippen molar-refractivity contribution in [3.63, 3.8) is 0 Å². The number of para-hydroxylation sites is 1. The second-order valence-corrected chi connectivity index (χ2v) is 5.40. The smallest absolute Gasteiger partial charge is 0.227 e. The molecule has 5 rings (SSSR count). The second kappa shape index (κ2) is 4.61. The van der Waals surface area contributed by atoms with Gasteiger partial charge in [0, 0.05) is 34.1 Å². The number of rotatable bonds is 1. The molecule has 0 amide bonds. The first-order valence-corrected chi connectivity index (χ1v) is 7.37. The van der Waals surface area contributed by atoms with Gasteiger partial charge in [-0.3, -0.25) is 9.97 Å². The van der Waals surface area contributed by atoms with Crippen molar-refractivity contribution in [2.45, 2.75) is 0 Å². The van der Waals surface area contributed by atoms with Crippen molar-refractivity contribution >= 4 is 33.0 Å². The molecule has 0 bridgehead atoms. The molecule has 0 N–H and O–H groups in total. The van der Waals surface area contributed by atoms with Gasteiger partial charge in [0.05, 0.1) is 17.4 Å². The van der Waals surface area contributed by atoms with Gasteiger partial charge in [0.15, 0.2) is 5.58 Å². The van der Waals surface area contributed by atoms with Gasteiger partial charge in [0.2, 0.25) is 5.71 Å². The van der Waals surface area contributed by atoms with E-state index in [1.54, 1.807) is 12.4 Å².